The maximum Gasteiger partial charge on any atom is 0.226 e. The maximum atomic E-state index is 14.6. The van der Waals surface area contributed by atoms with E-state index in [1.165, 1.54) is 12.1 Å². The molecule has 1 aromatic heterocycles. The van der Waals surface area contributed by atoms with Crippen LogP contribution in [0, 0.1) is 16.4 Å². The monoisotopic (exact) mass is 471 g/mol. The average Bonchev–Trinajstić information content (AvgIpc) is 3.35. The van der Waals surface area contributed by atoms with Gasteiger partial charge in [-0.05, 0) is 53.1 Å². The van der Waals surface area contributed by atoms with Crippen LogP contribution in [0.15, 0.2) is 16.6 Å². The standard InChI is InChI=1S/C19H20BrF2N3O2S/c1-24-14(7-16(26)23-11-4-5-27-9-11)15-6-10(8-25(15)19(24)28)17-13(21)3-2-12(20)18(17)22/h2-3,10-11H,4-9H2,1H3,(H,23,26). The molecular weight excluding hydrogens is 452 g/mol. The molecule has 1 N–H and O–H groups in total. The minimum atomic E-state index is -0.577. The zero-order chi connectivity index (χ0) is 20.0. The quantitative estimate of drug-likeness (QED) is 0.549. The van der Waals surface area contributed by atoms with E-state index in [2.05, 4.69) is 21.2 Å². The molecule has 0 saturated carbocycles. The number of nitrogens with one attached hydrogen (secondary N) is 1. The number of benzene rings is 1. The Labute approximate surface area is 174 Å². The molecule has 0 aliphatic carbocycles. The van der Waals surface area contributed by atoms with Crippen molar-refractivity contribution in [3.8, 4) is 0 Å². The Morgan fingerprint density at radius 2 is 2.21 bits per heavy atom. The third-order valence-electron chi connectivity index (χ3n) is 5.53. The SMILES string of the molecule is Cn1c(CC(=O)NC2CCOC2)c2n(c1=S)CC(c1c(F)ccc(Br)c1F)C2. The first-order valence-electron chi connectivity index (χ1n) is 9.14. The van der Waals surface area contributed by atoms with Crippen LogP contribution in [0.5, 0.6) is 0 Å². The van der Waals surface area contributed by atoms with Gasteiger partial charge in [0.2, 0.25) is 5.91 Å². The third kappa shape index (κ3) is 3.44. The Kier molecular flexibility index (Phi) is 5.41. The second kappa shape index (κ2) is 7.68. The Balaban J connectivity index is 1.60. The highest BCUT2D eigenvalue weighted by Crippen LogP contribution is 2.37. The van der Waals surface area contributed by atoms with Gasteiger partial charge in [0.15, 0.2) is 4.77 Å². The molecule has 4 rings (SSSR count). The van der Waals surface area contributed by atoms with E-state index in [1.54, 1.807) is 0 Å². The van der Waals surface area contributed by atoms with Crippen LogP contribution in [0.3, 0.4) is 0 Å². The van der Waals surface area contributed by atoms with Crippen molar-refractivity contribution in [1.82, 2.24) is 14.5 Å². The summed E-state index contributed by atoms with van der Waals surface area (Å²) in [5.41, 5.74) is 1.72. The first-order valence-corrected chi connectivity index (χ1v) is 10.3. The van der Waals surface area contributed by atoms with Crippen molar-refractivity contribution in [2.45, 2.75) is 37.8 Å². The maximum absolute atomic E-state index is 14.6. The largest absolute Gasteiger partial charge is 0.379 e. The van der Waals surface area contributed by atoms with Gasteiger partial charge in [0.1, 0.15) is 11.6 Å². The van der Waals surface area contributed by atoms with Crippen molar-refractivity contribution in [1.29, 1.82) is 0 Å². The van der Waals surface area contributed by atoms with Crippen LogP contribution in [0.1, 0.15) is 29.3 Å². The highest BCUT2D eigenvalue weighted by Gasteiger charge is 2.33. The molecule has 2 aliphatic heterocycles. The van der Waals surface area contributed by atoms with Crippen LogP contribution >= 0.6 is 28.1 Å². The Morgan fingerprint density at radius 1 is 1.43 bits per heavy atom. The lowest BCUT2D eigenvalue weighted by atomic mass is 9.95. The summed E-state index contributed by atoms with van der Waals surface area (Å²) in [5.74, 6) is -1.60. The number of aromatic nitrogens is 2. The molecule has 1 amide bonds. The van der Waals surface area contributed by atoms with Crippen LogP contribution in [0.25, 0.3) is 0 Å². The molecule has 1 aromatic carbocycles. The van der Waals surface area contributed by atoms with E-state index in [-0.39, 0.29) is 34.3 Å². The molecule has 0 radical (unpaired) electrons. The molecule has 3 heterocycles. The van der Waals surface area contributed by atoms with Gasteiger partial charge in [0.05, 0.1) is 23.5 Å². The lowest BCUT2D eigenvalue weighted by Gasteiger charge is -2.14. The van der Waals surface area contributed by atoms with Crippen LogP contribution < -0.4 is 5.32 Å². The van der Waals surface area contributed by atoms with Gasteiger partial charge < -0.3 is 19.2 Å². The lowest BCUT2D eigenvalue weighted by Crippen LogP contribution is -2.36. The van der Waals surface area contributed by atoms with Gasteiger partial charge in [-0.2, -0.15) is 0 Å². The molecule has 9 heteroatoms. The predicted molar refractivity (Wildman–Crippen MR) is 106 cm³/mol. The number of ether oxygens (including phenoxy) is 1. The Hall–Kier alpha value is -1.58. The van der Waals surface area contributed by atoms with E-state index in [4.69, 9.17) is 17.0 Å². The Bertz CT molecular complexity index is 998. The molecule has 2 aromatic rings. The highest BCUT2D eigenvalue weighted by molar-refractivity contribution is 9.10. The molecule has 28 heavy (non-hydrogen) atoms. The summed E-state index contributed by atoms with van der Waals surface area (Å²) in [4.78, 5) is 12.5. The zero-order valence-electron chi connectivity index (χ0n) is 15.3. The van der Waals surface area contributed by atoms with Crippen molar-refractivity contribution in [3.63, 3.8) is 0 Å². The molecule has 150 valence electrons. The number of hydrogen-bond acceptors (Lipinski definition) is 3. The minimum Gasteiger partial charge on any atom is -0.379 e. The summed E-state index contributed by atoms with van der Waals surface area (Å²) < 4.78 is 38.7. The minimum absolute atomic E-state index is 0.0362. The van der Waals surface area contributed by atoms with E-state index < -0.39 is 11.6 Å². The average molecular weight is 472 g/mol. The van der Waals surface area contributed by atoms with Gasteiger partial charge in [0, 0.05) is 43.1 Å². The topological polar surface area (TPSA) is 48.2 Å². The third-order valence-corrected chi connectivity index (χ3v) is 6.64. The summed E-state index contributed by atoms with van der Waals surface area (Å²) in [6.07, 6.45) is 1.42. The molecule has 0 bridgehead atoms. The molecular formula is C19H20BrF2N3O2S. The second-order valence-corrected chi connectivity index (χ2v) is 8.53. The summed E-state index contributed by atoms with van der Waals surface area (Å²) in [6, 6.07) is 2.67. The van der Waals surface area contributed by atoms with Gasteiger partial charge in [-0.3, -0.25) is 4.79 Å². The van der Waals surface area contributed by atoms with Crippen molar-refractivity contribution in [3.05, 3.63) is 50.0 Å². The molecule has 5 nitrogen and oxygen atoms in total. The predicted octanol–water partition coefficient (Wildman–Crippen LogP) is 3.38. The number of carbonyl (C=O) groups excluding carboxylic acids is 1. The van der Waals surface area contributed by atoms with E-state index in [9.17, 15) is 13.6 Å². The molecule has 1 fully saturated rings. The first-order chi connectivity index (χ1) is 13.4. The van der Waals surface area contributed by atoms with E-state index in [0.29, 0.717) is 31.0 Å². The number of fused-ring (bicyclic) bond motifs is 1. The number of hydrogen-bond donors (Lipinski definition) is 1. The van der Waals surface area contributed by atoms with Crippen molar-refractivity contribution in [2.24, 2.45) is 7.05 Å². The van der Waals surface area contributed by atoms with Crippen LogP contribution in [-0.4, -0.2) is 34.3 Å². The van der Waals surface area contributed by atoms with E-state index in [1.807, 2.05) is 16.2 Å². The van der Waals surface area contributed by atoms with E-state index in [0.717, 1.165) is 17.8 Å². The molecule has 0 spiro atoms. The lowest BCUT2D eigenvalue weighted by molar-refractivity contribution is -0.121. The fourth-order valence-electron chi connectivity index (χ4n) is 4.11. The van der Waals surface area contributed by atoms with Crippen molar-refractivity contribution in [2.75, 3.05) is 13.2 Å². The number of halogens is 3. The number of nitrogens with zero attached hydrogens (tertiary/aromatic N) is 2. The fraction of sp³-hybridized carbons (Fsp3) is 0.474. The van der Waals surface area contributed by atoms with Gasteiger partial charge in [-0.15, -0.1) is 0 Å². The van der Waals surface area contributed by atoms with Crippen LogP contribution in [0.4, 0.5) is 8.78 Å². The zero-order valence-corrected chi connectivity index (χ0v) is 17.7. The van der Waals surface area contributed by atoms with Crippen LogP contribution in [-0.2, 0) is 36.0 Å². The molecule has 2 atom stereocenters. The van der Waals surface area contributed by atoms with Crippen molar-refractivity contribution >= 4 is 34.1 Å². The number of carbonyl (C=O) groups is 1. The summed E-state index contributed by atoms with van der Waals surface area (Å²) in [6.45, 7) is 1.58. The second-order valence-electron chi connectivity index (χ2n) is 7.31. The summed E-state index contributed by atoms with van der Waals surface area (Å²) >= 11 is 8.64. The van der Waals surface area contributed by atoms with Gasteiger partial charge in [-0.25, -0.2) is 8.78 Å². The highest BCUT2D eigenvalue weighted by atomic mass is 79.9. The molecule has 1 saturated heterocycles. The molecule has 2 unspecified atom stereocenters. The van der Waals surface area contributed by atoms with E-state index >= 15 is 0 Å². The van der Waals surface area contributed by atoms with Gasteiger partial charge in [0.25, 0.3) is 0 Å². The fourth-order valence-corrected chi connectivity index (χ4v) is 4.75. The van der Waals surface area contributed by atoms with Gasteiger partial charge in [-0.1, -0.05) is 0 Å². The number of imidazole rings is 1. The molecule has 2 aliphatic rings. The smallest absolute Gasteiger partial charge is 0.226 e. The summed E-state index contributed by atoms with van der Waals surface area (Å²) in [5, 5.41) is 2.98. The summed E-state index contributed by atoms with van der Waals surface area (Å²) in [7, 11) is 1.82. The number of rotatable bonds is 4. The van der Waals surface area contributed by atoms with Crippen LogP contribution in [0.2, 0.25) is 0 Å². The van der Waals surface area contributed by atoms with Crippen molar-refractivity contribution < 1.29 is 18.3 Å². The first kappa shape index (κ1) is 19.7. The normalized spacial score (nSPS) is 21.1. The Morgan fingerprint density at radius 3 is 2.93 bits per heavy atom. The number of amides is 1. The van der Waals surface area contributed by atoms with Gasteiger partial charge >= 0.3 is 0 Å².